The molecule has 0 N–H and O–H groups in total. The number of hydrogen-bond donors (Lipinski definition) is 0. The lowest BCUT2D eigenvalue weighted by molar-refractivity contribution is 0.0225. The lowest BCUT2D eigenvalue weighted by atomic mass is 10.0. The molecule has 2 aromatic rings. The lowest BCUT2D eigenvalue weighted by Gasteiger charge is -2.29. The predicted molar refractivity (Wildman–Crippen MR) is 96.0 cm³/mol. The van der Waals surface area contributed by atoms with Crippen molar-refractivity contribution in [1.82, 2.24) is 14.9 Å². The molecule has 0 bridgehead atoms. The molecule has 1 amide bonds. The van der Waals surface area contributed by atoms with Crippen LogP contribution in [-0.4, -0.2) is 40.2 Å². The van der Waals surface area contributed by atoms with Gasteiger partial charge in [-0.1, -0.05) is 11.6 Å². The molecule has 0 radical (unpaired) electrons. The van der Waals surface area contributed by atoms with Crippen LogP contribution in [0.25, 0.3) is 10.8 Å². The molecular weight excluding hydrogens is 342 g/mol. The molecule has 25 heavy (non-hydrogen) atoms. The van der Waals surface area contributed by atoms with Gasteiger partial charge in [-0.25, -0.2) is 14.8 Å². The van der Waals surface area contributed by atoms with E-state index in [1.165, 1.54) is 0 Å². The fraction of sp³-hybridized carbons (Fsp3) is 0.500. The molecule has 1 fully saturated rings. The molecular formula is C18H22ClN3O3. The predicted octanol–water partition coefficient (Wildman–Crippen LogP) is 4.36. The summed E-state index contributed by atoms with van der Waals surface area (Å²) in [6.45, 7) is 6.26. The van der Waals surface area contributed by atoms with Gasteiger partial charge in [-0.3, -0.25) is 0 Å². The van der Waals surface area contributed by atoms with Crippen LogP contribution in [0.2, 0.25) is 5.15 Å². The Morgan fingerprint density at radius 2 is 2.04 bits per heavy atom. The highest BCUT2D eigenvalue weighted by molar-refractivity contribution is 6.30. The summed E-state index contributed by atoms with van der Waals surface area (Å²) < 4.78 is 10.9. The number of nitrogens with zero attached hydrogens (tertiary/aromatic N) is 3. The number of likely N-dealkylation sites (tertiary alicyclic amines) is 1. The molecule has 1 aliphatic heterocycles. The minimum atomic E-state index is -0.530. The van der Waals surface area contributed by atoms with Crippen LogP contribution < -0.4 is 4.74 Å². The first-order chi connectivity index (χ1) is 11.8. The Balaban J connectivity index is 2.03. The number of aromatic nitrogens is 2. The summed E-state index contributed by atoms with van der Waals surface area (Å²) in [6.07, 6.45) is 4.86. The number of pyridine rings is 2. The molecule has 6 nitrogen and oxygen atoms in total. The maximum absolute atomic E-state index is 12.6. The lowest BCUT2D eigenvalue weighted by Crippen LogP contribution is -2.36. The van der Waals surface area contributed by atoms with Crippen molar-refractivity contribution in [2.24, 2.45) is 0 Å². The molecule has 0 aromatic carbocycles. The largest absolute Gasteiger partial charge is 0.481 e. The quantitative estimate of drug-likeness (QED) is 0.741. The van der Waals surface area contributed by atoms with E-state index in [1.807, 2.05) is 20.8 Å². The number of carbonyl (C=O) groups is 1. The van der Waals surface area contributed by atoms with E-state index in [4.69, 9.17) is 21.1 Å². The zero-order chi connectivity index (χ0) is 18.2. The summed E-state index contributed by atoms with van der Waals surface area (Å²) in [7, 11) is 1.57. The van der Waals surface area contributed by atoms with Gasteiger partial charge in [-0.05, 0) is 45.1 Å². The Hall–Kier alpha value is -2.08. The van der Waals surface area contributed by atoms with Crippen LogP contribution in [0.4, 0.5) is 4.79 Å². The Morgan fingerprint density at radius 1 is 1.28 bits per heavy atom. The van der Waals surface area contributed by atoms with Gasteiger partial charge in [0.05, 0.1) is 18.5 Å². The second kappa shape index (κ2) is 6.67. The Bertz CT molecular complexity index is 804. The first-order valence-corrected chi connectivity index (χ1v) is 8.65. The van der Waals surface area contributed by atoms with Crippen molar-refractivity contribution in [3.05, 3.63) is 29.2 Å². The first kappa shape index (κ1) is 17.7. The number of ether oxygens (including phenoxy) is 2. The van der Waals surface area contributed by atoms with Gasteiger partial charge in [0.1, 0.15) is 10.8 Å². The van der Waals surface area contributed by atoms with Crippen LogP contribution in [-0.2, 0) is 4.74 Å². The van der Waals surface area contributed by atoms with E-state index in [1.54, 1.807) is 30.5 Å². The number of fused-ring (bicyclic) bond motifs is 1. The second-order valence-corrected chi connectivity index (χ2v) is 7.49. The Morgan fingerprint density at radius 3 is 2.72 bits per heavy atom. The molecule has 1 unspecified atom stereocenters. The van der Waals surface area contributed by atoms with Crippen molar-refractivity contribution in [1.29, 1.82) is 0 Å². The summed E-state index contributed by atoms with van der Waals surface area (Å²) in [5, 5.41) is 2.07. The Kier molecular flexibility index (Phi) is 4.73. The van der Waals surface area contributed by atoms with Crippen LogP contribution in [0.15, 0.2) is 18.5 Å². The molecule has 0 saturated carbocycles. The van der Waals surface area contributed by atoms with Gasteiger partial charge < -0.3 is 14.4 Å². The van der Waals surface area contributed by atoms with E-state index < -0.39 is 5.60 Å². The minimum absolute atomic E-state index is 0.103. The minimum Gasteiger partial charge on any atom is -0.481 e. The van der Waals surface area contributed by atoms with E-state index in [9.17, 15) is 4.79 Å². The summed E-state index contributed by atoms with van der Waals surface area (Å²) in [6, 6.07) is 1.69. The second-order valence-electron chi connectivity index (χ2n) is 7.11. The van der Waals surface area contributed by atoms with E-state index in [2.05, 4.69) is 9.97 Å². The van der Waals surface area contributed by atoms with Gasteiger partial charge in [0, 0.05) is 24.5 Å². The average Bonchev–Trinajstić information content (AvgIpc) is 3.01. The zero-order valence-corrected chi connectivity index (χ0v) is 15.6. The number of methoxy groups -OCH3 is 1. The van der Waals surface area contributed by atoms with Crippen LogP contribution in [0.1, 0.15) is 45.2 Å². The van der Waals surface area contributed by atoms with Crippen molar-refractivity contribution >= 4 is 28.5 Å². The van der Waals surface area contributed by atoms with Crippen molar-refractivity contribution in [3.63, 3.8) is 0 Å². The summed E-state index contributed by atoms with van der Waals surface area (Å²) >= 11 is 6.10. The molecule has 3 rings (SSSR count). The summed E-state index contributed by atoms with van der Waals surface area (Å²) in [5.74, 6) is 0.490. The molecule has 1 atom stereocenters. The van der Waals surface area contributed by atoms with Gasteiger partial charge in [-0.15, -0.1) is 0 Å². The fourth-order valence-electron chi connectivity index (χ4n) is 3.16. The van der Waals surface area contributed by atoms with Gasteiger partial charge >= 0.3 is 6.09 Å². The first-order valence-electron chi connectivity index (χ1n) is 8.28. The molecule has 0 spiro atoms. The van der Waals surface area contributed by atoms with Gasteiger partial charge in [0.15, 0.2) is 0 Å². The van der Waals surface area contributed by atoms with Crippen LogP contribution in [0.3, 0.4) is 0 Å². The highest BCUT2D eigenvalue weighted by Crippen LogP contribution is 2.38. The van der Waals surface area contributed by atoms with Crippen molar-refractivity contribution in [3.8, 4) is 5.88 Å². The highest BCUT2D eigenvalue weighted by Gasteiger charge is 2.34. The maximum Gasteiger partial charge on any atom is 0.410 e. The molecule has 1 aliphatic rings. The zero-order valence-electron chi connectivity index (χ0n) is 14.9. The molecule has 7 heteroatoms. The Labute approximate surface area is 152 Å². The third kappa shape index (κ3) is 3.63. The average molecular weight is 364 g/mol. The maximum atomic E-state index is 12.6. The van der Waals surface area contributed by atoms with Gasteiger partial charge in [0.25, 0.3) is 0 Å². The molecule has 1 saturated heterocycles. The van der Waals surface area contributed by atoms with Crippen molar-refractivity contribution < 1.29 is 14.3 Å². The molecule has 0 aliphatic carbocycles. The monoisotopic (exact) mass is 363 g/mol. The SMILES string of the molecule is COc1ncc(C2CCCN2C(=O)OC(C)(C)C)c2cc(Cl)ncc12. The van der Waals surface area contributed by atoms with Gasteiger partial charge in [0.2, 0.25) is 5.88 Å². The number of hydrogen-bond acceptors (Lipinski definition) is 5. The van der Waals surface area contributed by atoms with E-state index in [-0.39, 0.29) is 12.1 Å². The molecule has 134 valence electrons. The smallest absolute Gasteiger partial charge is 0.410 e. The third-order valence-electron chi connectivity index (χ3n) is 4.17. The van der Waals surface area contributed by atoms with Crippen molar-refractivity contribution in [2.75, 3.05) is 13.7 Å². The van der Waals surface area contributed by atoms with Gasteiger partial charge in [-0.2, -0.15) is 0 Å². The van der Waals surface area contributed by atoms with E-state index in [0.717, 1.165) is 29.2 Å². The number of rotatable bonds is 2. The molecule has 2 aromatic heterocycles. The van der Waals surface area contributed by atoms with Crippen LogP contribution in [0, 0.1) is 0 Å². The van der Waals surface area contributed by atoms with Crippen LogP contribution >= 0.6 is 11.6 Å². The fourth-order valence-corrected chi connectivity index (χ4v) is 3.32. The van der Waals surface area contributed by atoms with Crippen molar-refractivity contribution in [2.45, 2.75) is 45.3 Å². The van der Waals surface area contributed by atoms with E-state index >= 15 is 0 Å². The normalized spacial score (nSPS) is 17.8. The number of amides is 1. The van der Waals surface area contributed by atoms with E-state index in [0.29, 0.717) is 17.6 Å². The van der Waals surface area contributed by atoms with Crippen LogP contribution in [0.5, 0.6) is 5.88 Å². The standard InChI is InChI=1S/C18H22ClN3O3/c1-18(2,3)25-17(23)22-7-5-6-14(22)12-9-21-16(24-4)13-10-20-15(19)8-11(12)13/h8-10,14H,5-7H2,1-4H3. The topological polar surface area (TPSA) is 64.5 Å². The highest BCUT2D eigenvalue weighted by atomic mass is 35.5. The summed E-state index contributed by atoms with van der Waals surface area (Å²) in [5.41, 5.74) is 0.404. The number of carbonyl (C=O) groups excluding carboxylic acids is 1. The summed E-state index contributed by atoms with van der Waals surface area (Å²) in [4.78, 5) is 22.9. The number of halogens is 1. The third-order valence-corrected chi connectivity index (χ3v) is 4.37. The molecule has 3 heterocycles.